The fourth-order valence-electron chi connectivity index (χ4n) is 4.31. The number of aromatic hydroxyl groups is 1. The van der Waals surface area contributed by atoms with Crippen LogP contribution in [-0.2, 0) is 6.61 Å². The topological polar surface area (TPSA) is 53.6 Å². The smallest absolute Gasteiger partial charge is 0.121 e. The zero-order valence-corrected chi connectivity index (χ0v) is 17.2. The van der Waals surface area contributed by atoms with E-state index in [2.05, 4.69) is 36.4 Å². The molecule has 30 heavy (non-hydrogen) atoms. The normalized spacial score (nSPS) is 13.2. The zero-order valence-electron chi connectivity index (χ0n) is 17.2. The van der Waals surface area contributed by atoms with E-state index < -0.39 is 0 Å². The second kappa shape index (κ2) is 8.60. The highest BCUT2D eigenvalue weighted by Crippen LogP contribution is 2.45. The van der Waals surface area contributed by atoms with E-state index in [4.69, 9.17) is 4.42 Å². The number of aryl methyl sites for hydroxylation is 2. The molecule has 1 aromatic heterocycles. The van der Waals surface area contributed by atoms with Gasteiger partial charge in [-0.3, -0.25) is 0 Å². The fourth-order valence-corrected chi connectivity index (χ4v) is 4.31. The highest BCUT2D eigenvalue weighted by atomic mass is 16.3. The van der Waals surface area contributed by atoms with E-state index in [1.807, 2.05) is 56.3 Å². The summed E-state index contributed by atoms with van der Waals surface area (Å²) >= 11 is 0. The van der Waals surface area contributed by atoms with Crippen molar-refractivity contribution in [3.8, 4) is 5.75 Å². The lowest BCUT2D eigenvalue weighted by molar-refractivity contribution is 0.276. The lowest BCUT2D eigenvalue weighted by atomic mass is 9.74. The summed E-state index contributed by atoms with van der Waals surface area (Å²) in [5.74, 6) is 0.911. The Morgan fingerprint density at radius 1 is 0.733 bits per heavy atom. The molecule has 0 aliphatic heterocycles. The average Bonchev–Trinajstić information content (AvgIpc) is 3.25. The van der Waals surface area contributed by atoms with Crippen molar-refractivity contribution >= 4 is 0 Å². The second-order valence-electron chi connectivity index (χ2n) is 7.75. The highest BCUT2D eigenvalue weighted by Gasteiger charge is 2.32. The molecule has 0 saturated carbocycles. The Hall–Kier alpha value is -3.30. The first kappa shape index (κ1) is 20.0. The van der Waals surface area contributed by atoms with Crippen LogP contribution in [0.4, 0.5) is 0 Å². The molecule has 0 fully saturated rings. The maximum atomic E-state index is 10.4. The van der Waals surface area contributed by atoms with Crippen molar-refractivity contribution in [3.63, 3.8) is 0 Å². The van der Waals surface area contributed by atoms with Gasteiger partial charge in [-0.05, 0) is 47.7 Å². The van der Waals surface area contributed by atoms with Crippen LogP contribution in [0.3, 0.4) is 0 Å². The SMILES string of the molecule is Cc1cc([C@@H](c2ccccc2)[C@@H](c2ccccc2)c2occc2CO)cc(C)c1O. The summed E-state index contributed by atoms with van der Waals surface area (Å²) in [5.41, 5.74) is 5.84. The molecule has 0 saturated heterocycles. The number of benzene rings is 3. The number of phenolic OH excluding ortho intramolecular Hbond substituents is 1. The third-order valence-corrected chi connectivity index (χ3v) is 5.76. The molecular formula is C27H26O3. The van der Waals surface area contributed by atoms with Crippen LogP contribution >= 0.6 is 0 Å². The van der Waals surface area contributed by atoms with Gasteiger partial charge in [0.2, 0.25) is 0 Å². The first-order valence-electron chi connectivity index (χ1n) is 10.2. The van der Waals surface area contributed by atoms with E-state index in [1.54, 1.807) is 6.26 Å². The number of hydrogen-bond acceptors (Lipinski definition) is 3. The molecule has 3 nitrogen and oxygen atoms in total. The van der Waals surface area contributed by atoms with Gasteiger partial charge in [0.15, 0.2) is 0 Å². The van der Waals surface area contributed by atoms with Crippen LogP contribution in [0.25, 0.3) is 0 Å². The number of aliphatic hydroxyl groups excluding tert-OH is 1. The number of aliphatic hydroxyl groups is 1. The first-order valence-corrected chi connectivity index (χ1v) is 10.2. The Bertz CT molecular complexity index is 1090. The van der Waals surface area contributed by atoms with E-state index in [9.17, 15) is 10.2 Å². The third kappa shape index (κ3) is 3.77. The van der Waals surface area contributed by atoms with Crippen LogP contribution in [0.15, 0.2) is 89.5 Å². The van der Waals surface area contributed by atoms with Gasteiger partial charge in [0.05, 0.1) is 18.8 Å². The standard InChI is InChI=1S/C27H26O3/c1-18-15-23(16-19(2)26(18)29)24(20-9-5-3-6-10-20)25(21-11-7-4-8-12-21)27-22(17-28)13-14-30-27/h3-16,24-25,28-29H,17H2,1-2H3/t24-,25-/m1/s1. The quantitative estimate of drug-likeness (QED) is 0.415. The molecule has 2 N–H and O–H groups in total. The van der Waals surface area contributed by atoms with E-state index >= 15 is 0 Å². The van der Waals surface area contributed by atoms with E-state index in [0.29, 0.717) is 5.75 Å². The third-order valence-electron chi connectivity index (χ3n) is 5.76. The predicted octanol–water partition coefficient (Wildman–Crippen LogP) is 6.06. The van der Waals surface area contributed by atoms with Gasteiger partial charge in [0.25, 0.3) is 0 Å². The second-order valence-corrected chi connectivity index (χ2v) is 7.75. The van der Waals surface area contributed by atoms with Crippen molar-refractivity contribution in [2.45, 2.75) is 32.3 Å². The maximum absolute atomic E-state index is 10.4. The number of rotatable bonds is 6. The molecule has 0 bridgehead atoms. The zero-order chi connectivity index (χ0) is 21.1. The molecule has 4 aromatic rings. The monoisotopic (exact) mass is 398 g/mol. The van der Waals surface area contributed by atoms with Gasteiger partial charge in [-0.2, -0.15) is 0 Å². The van der Waals surface area contributed by atoms with Gasteiger partial charge in [-0.15, -0.1) is 0 Å². The molecule has 1 heterocycles. The minimum absolute atomic E-state index is 0.0527. The molecule has 0 radical (unpaired) electrons. The van der Waals surface area contributed by atoms with Gasteiger partial charge in [0.1, 0.15) is 11.5 Å². The van der Waals surface area contributed by atoms with Crippen molar-refractivity contribution in [1.82, 2.24) is 0 Å². The van der Waals surface area contributed by atoms with Crippen molar-refractivity contribution in [1.29, 1.82) is 0 Å². The summed E-state index contributed by atoms with van der Waals surface area (Å²) in [5, 5.41) is 20.3. The number of hydrogen-bond donors (Lipinski definition) is 2. The van der Waals surface area contributed by atoms with Crippen molar-refractivity contribution in [3.05, 3.63) is 124 Å². The largest absolute Gasteiger partial charge is 0.507 e. The molecule has 3 heteroatoms. The summed E-state index contributed by atoms with van der Waals surface area (Å²) < 4.78 is 5.97. The molecule has 2 atom stereocenters. The van der Waals surface area contributed by atoms with Gasteiger partial charge >= 0.3 is 0 Å². The number of furan rings is 1. The molecule has 0 amide bonds. The van der Waals surface area contributed by atoms with Gasteiger partial charge < -0.3 is 14.6 Å². The molecule has 0 aliphatic carbocycles. The maximum Gasteiger partial charge on any atom is 0.121 e. The summed E-state index contributed by atoms with van der Waals surface area (Å²) in [6.45, 7) is 3.78. The minimum atomic E-state index is -0.130. The number of phenols is 1. The molecule has 4 rings (SSSR count). The van der Waals surface area contributed by atoms with E-state index in [1.165, 1.54) is 0 Å². The molecule has 0 aliphatic rings. The predicted molar refractivity (Wildman–Crippen MR) is 119 cm³/mol. The van der Waals surface area contributed by atoms with Crippen LogP contribution < -0.4 is 0 Å². The lowest BCUT2D eigenvalue weighted by Crippen LogP contribution is -2.16. The Labute approximate surface area is 177 Å². The fraction of sp³-hybridized carbons (Fsp3) is 0.185. The molecule has 0 spiro atoms. The van der Waals surface area contributed by atoms with Gasteiger partial charge in [0, 0.05) is 11.5 Å². The summed E-state index contributed by atoms with van der Waals surface area (Å²) in [6, 6.07) is 26.5. The Balaban J connectivity index is 1.99. The van der Waals surface area contributed by atoms with Crippen molar-refractivity contribution < 1.29 is 14.6 Å². The van der Waals surface area contributed by atoms with Gasteiger partial charge in [-0.25, -0.2) is 0 Å². The van der Waals surface area contributed by atoms with Crippen molar-refractivity contribution in [2.75, 3.05) is 0 Å². The van der Waals surface area contributed by atoms with Gasteiger partial charge in [-0.1, -0.05) is 72.8 Å². The van der Waals surface area contributed by atoms with E-state index in [0.717, 1.165) is 39.1 Å². The Morgan fingerprint density at radius 3 is 1.80 bits per heavy atom. The van der Waals surface area contributed by atoms with Crippen LogP contribution in [0.2, 0.25) is 0 Å². The molecule has 0 unspecified atom stereocenters. The lowest BCUT2D eigenvalue weighted by Gasteiger charge is -2.29. The molecular weight excluding hydrogens is 372 g/mol. The van der Waals surface area contributed by atoms with Crippen molar-refractivity contribution in [2.24, 2.45) is 0 Å². The first-order chi connectivity index (χ1) is 14.6. The van der Waals surface area contributed by atoms with Crippen LogP contribution in [0, 0.1) is 13.8 Å². The summed E-state index contributed by atoms with van der Waals surface area (Å²) in [7, 11) is 0. The highest BCUT2D eigenvalue weighted by molar-refractivity contribution is 5.49. The summed E-state index contributed by atoms with van der Waals surface area (Å²) in [6.07, 6.45) is 1.65. The Morgan fingerprint density at radius 2 is 1.27 bits per heavy atom. The minimum Gasteiger partial charge on any atom is -0.507 e. The van der Waals surface area contributed by atoms with Crippen LogP contribution in [-0.4, -0.2) is 10.2 Å². The van der Waals surface area contributed by atoms with E-state index in [-0.39, 0.29) is 18.4 Å². The Kier molecular flexibility index (Phi) is 5.73. The van der Waals surface area contributed by atoms with Crippen LogP contribution in [0.5, 0.6) is 5.75 Å². The summed E-state index contributed by atoms with van der Waals surface area (Å²) in [4.78, 5) is 0. The molecule has 3 aromatic carbocycles. The molecule has 152 valence electrons. The average molecular weight is 399 g/mol. The van der Waals surface area contributed by atoms with Crippen LogP contribution in [0.1, 0.15) is 51.0 Å².